The number of aromatic amines is 1. The molecule has 0 bridgehead atoms. The van der Waals surface area contributed by atoms with Crippen LogP contribution in [-0.2, 0) is 11.3 Å². The van der Waals surface area contributed by atoms with Gasteiger partial charge < -0.3 is 5.32 Å². The number of nitrogens with zero attached hydrogens (tertiary/aromatic N) is 1. The van der Waals surface area contributed by atoms with Gasteiger partial charge in [0.15, 0.2) is 0 Å². The van der Waals surface area contributed by atoms with Crippen LogP contribution in [-0.4, -0.2) is 16.1 Å². The van der Waals surface area contributed by atoms with Gasteiger partial charge in [-0.15, -0.1) is 0 Å². The second-order valence-electron chi connectivity index (χ2n) is 4.03. The van der Waals surface area contributed by atoms with E-state index in [9.17, 15) is 4.79 Å². The normalized spacial score (nSPS) is 11.4. The Morgan fingerprint density at radius 3 is 2.86 bits per heavy atom. The summed E-state index contributed by atoms with van der Waals surface area (Å²) in [6.07, 6.45) is 4.32. The number of H-pyrrole nitrogens is 1. The van der Waals surface area contributed by atoms with E-state index in [0.717, 1.165) is 12.0 Å². The van der Waals surface area contributed by atoms with Crippen LogP contribution in [0.3, 0.4) is 0 Å². The summed E-state index contributed by atoms with van der Waals surface area (Å²) >= 11 is 0. The van der Waals surface area contributed by atoms with Crippen molar-refractivity contribution in [3.63, 3.8) is 0 Å². The molecular weight excluding hydrogens is 178 g/mol. The highest BCUT2D eigenvalue weighted by Crippen LogP contribution is 2.19. The fraction of sp³-hybridized carbons (Fsp3) is 0.600. The molecule has 1 aromatic rings. The van der Waals surface area contributed by atoms with Crippen molar-refractivity contribution in [3.05, 3.63) is 18.0 Å². The third kappa shape index (κ3) is 2.58. The van der Waals surface area contributed by atoms with E-state index in [-0.39, 0.29) is 11.3 Å². The zero-order chi connectivity index (χ0) is 10.6. The molecule has 0 fully saturated rings. The summed E-state index contributed by atoms with van der Waals surface area (Å²) in [5.74, 6) is 0.0844. The summed E-state index contributed by atoms with van der Waals surface area (Å²) in [5.41, 5.74) is 0.703. The zero-order valence-corrected chi connectivity index (χ0v) is 8.92. The Morgan fingerprint density at radius 2 is 2.36 bits per heavy atom. The van der Waals surface area contributed by atoms with Crippen LogP contribution in [0.2, 0.25) is 0 Å². The van der Waals surface area contributed by atoms with Crippen molar-refractivity contribution in [1.29, 1.82) is 0 Å². The van der Waals surface area contributed by atoms with Gasteiger partial charge in [0.1, 0.15) is 0 Å². The van der Waals surface area contributed by atoms with Gasteiger partial charge in [-0.3, -0.25) is 9.89 Å². The fourth-order valence-electron chi connectivity index (χ4n) is 0.956. The smallest absolute Gasteiger partial charge is 0.225 e. The Labute approximate surface area is 84.1 Å². The first-order valence-corrected chi connectivity index (χ1v) is 4.82. The van der Waals surface area contributed by atoms with E-state index in [0.29, 0.717) is 6.54 Å². The second kappa shape index (κ2) is 4.26. The summed E-state index contributed by atoms with van der Waals surface area (Å²) in [4.78, 5) is 11.6. The molecule has 14 heavy (non-hydrogen) atoms. The molecule has 1 rings (SSSR count). The summed E-state index contributed by atoms with van der Waals surface area (Å²) in [6, 6.07) is 0. The first-order chi connectivity index (χ1) is 6.56. The van der Waals surface area contributed by atoms with Gasteiger partial charge in [0.2, 0.25) is 5.91 Å². The zero-order valence-electron chi connectivity index (χ0n) is 8.92. The van der Waals surface area contributed by atoms with Crippen LogP contribution in [0.4, 0.5) is 0 Å². The van der Waals surface area contributed by atoms with E-state index in [1.54, 1.807) is 12.4 Å². The van der Waals surface area contributed by atoms with Gasteiger partial charge in [0.25, 0.3) is 0 Å². The first kappa shape index (κ1) is 10.8. The van der Waals surface area contributed by atoms with Crippen molar-refractivity contribution in [2.75, 3.05) is 0 Å². The largest absolute Gasteiger partial charge is 0.351 e. The highest BCUT2D eigenvalue weighted by molar-refractivity contribution is 5.81. The lowest BCUT2D eigenvalue weighted by Gasteiger charge is -2.21. The molecule has 0 atom stereocenters. The van der Waals surface area contributed by atoms with Gasteiger partial charge in [-0.1, -0.05) is 20.8 Å². The molecule has 78 valence electrons. The Hall–Kier alpha value is -1.32. The van der Waals surface area contributed by atoms with Gasteiger partial charge in [-0.05, 0) is 6.42 Å². The molecule has 0 radical (unpaired) electrons. The number of carbonyl (C=O) groups excluding carboxylic acids is 1. The average molecular weight is 195 g/mol. The number of amides is 1. The molecule has 4 nitrogen and oxygen atoms in total. The fourth-order valence-corrected chi connectivity index (χ4v) is 0.956. The van der Waals surface area contributed by atoms with Crippen LogP contribution in [0.1, 0.15) is 32.8 Å². The molecule has 0 aliphatic carbocycles. The Kier molecular flexibility index (Phi) is 3.28. The van der Waals surface area contributed by atoms with E-state index in [1.807, 2.05) is 20.8 Å². The highest BCUT2D eigenvalue weighted by atomic mass is 16.2. The van der Waals surface area contributed by atoms with Gasteiger partial charge in [-0.2, -0.15) is 5.10 Å². The lowest BCUT2D eigenvalue weighted by Crippen LogP contribution is -2.35. The summed E-state index contributed by atoms with van der Waals surface area (Å²) in [5, 5.41) is 9.39. The maximum absolute atomic E-state index is 11.6. The second-order valence-corrected chi connectivity index (χ2v) is 4.03. The van der Waals surface area contributed by atoms with Crippen molar-refractivity contribution in [1.82, 2.24) is 15.5 Å². The van der Waals surface area contributed by atoms with Crippen LogP contribution in [0.5, 0.6) is 0 Å². The van der Waals surface area contributed by atoms with Crippen LogP contribution >= 0.6 is 0 Å². The van der Waals surface area contributed by atoms with E-state index < -0.39 is 0 Å². The van der Waals surface area contributed by atoms with Crippen LogP contribution in [0.15, 0.2) is 12.4 Å². The maximum atomic E-state index is 11.6. The molecule has 2 N–H and O–H groups in total. The molecule has 0 aliphatic rings. The van der Waals surface area contributed by atoms with Crippen molar-refractivity contribution in [2.24, 2.45) is 5.41 Å². The van der Waals surface area contributed by atoms with Gasteiger partial charge in [0, 0.05) is 23.7 Å². The molecule has 1 aromatic heterocycles. The Balaban J connectivity index is 2.43. The van der Waals surface area contributed by atoms with Gasteiger partial charge >= 0.3 is 0 Å². The first-order valence-electron chi connectivity index (χ1n) is 4.82. The Morgan fingerprint density at radius 1 is 1.64 bits per heavy atom. The predicted molar refractivity (Wildman–Crippen MR) is 54.5 cm³/mol. The van der Waals surface area contributed by atoms with Gasteiger partial charge in [-0.25, -0.2) is 0 Å². The topological polar surface area (TPSA) is 57.8 Å². The highest BCUT2D eigenvalue weighted by Gasteiger charge is 2.24. The van der Waals surface area contributed by atoms with E-state index >= 15 is 0 Å². The third-order valence-electron chi connectivity index (χ3n) is 2.51. The molecule has 0 spiro atoms. The summed E-state index contributed by atoms with van der Waals surface area (Å²) in [6.45, 7) is 6.44. The molecule has 0 saturated heterocycles. The number of aromatic nitrogens is 2. The molecule has 4 heteroatoms. The minimum absolute atomic E-state index is 0.0844. The minimum Gasteiger partial charge on any atom is -0.351 e. The predicted octanol–water partition coefficient (Wildman–Crippen LogP) is 1.46. The maximum Gasteiger partial charge on any atom is 0.225 e. The lowest BCUT2D eigenvalue weighted by atomic mass is 9.89. The van der Waals surface area contributed by atoms with Crippen molar-refractivity contribution in [2.45, 2.75) is 33.7 Å². The number of hydrogen-bond donors (Lipinski definition) is 2. The van der Waals surface area contributed by atoms with Crippen molar-refractivity contribution < 1.29 is 4.79 Å². The standard InChI is InChI=1S/C10H17N3O/c1-4-10(2,3)9(14)11-5-8-6-12-13-7-8/h6-7H,4-5H2,1-3H3,(H,11,14)(H,12,13). The van der Waals surface area contributed by atoms with E-state index in [2.05, 4.69) is 15.5 Å². The molecule has 0 aromatic carbocycles. The minimum atomic E-state index is -0.288. The molecule has 1 amide bonds. The third-order valence-corrected chi connectivity index (χ3v) is 2.51. The number of hydrogen-bond acceptors (Lipinski definition) is 2. The lowest BCUT2D eigenvalue weighted by molar-refractivity contribution is -0.129. The SMILES string of the molecule is CCC(C)(C)C(=O)NCc1cn[nH]c1. The molecule has 0 unspecified atom stereocenters. The summed E-state index contributed by atoms with van der Waals surface area (Å²) in [7, 11) is 0. The van der Waals surface area contributed by atoms with Crippen molar-refractivity contribution >= 4 is 5.91 Å². The summed E-state index contributed by atoms with van der Waals surface area (Å²) < 4.78 is 0. The number of carbonyl (C=O) groups is 1. The van der Waals surface area contributed by atoms with Gasteiger partial charge in [0.05, 0.1) is 6.20 Å². The number of rotatable bonds is 4. The van der Waals surface area contributed by atoms with E-state index in [1.165, 1.54) is 0 Å². The average Bonchev–Trinajstić information content (AvgIpc) is 2.66. The van der Waals surface area contributed by atoms with Crippen LogP contribution in [0, 0.1) is 5.41 Å². The molecule has 0 saturated carbocycles. The van der Waals surface area contributed by atoms with Crippen molar-refractivity contribution in [3.8, 4) is 0 Å². The van der Waals surface area contributed by atoms with Crippen LogP contribution in [0.25, 0.3) is 0 Å². The number of nitrogens with one attached hydrogen (secondary N) is 2. The molecule has 0 aliphatic heterocycles. The quantitative estimate of drug-likeness (QED) is 0.764. The Bertz CT molecular complexity index is 290. The monoisotopic (exact) mass is 195 g/mol. The molecular formula is C10H17N3O. The molecule has 1 heterocycles. The van der Waals surface area contributed by atoms with E-state index in [4.69, 9.17) is 0 Å². The van der Waals surface area contributed by atoms with Crippen LogP contribution < -0.4 is 5.32 Å².